The summed E-state index contributed by atoms with van der Waals surface area (Å²) in [4.78, 5) is 26.4. The van der Waals surface area contributed by atoms with E-state index in [1.54, 1.807) is 0 Å². The second-order valence-electron chi connectivity index (χ2n) is 8.60. The molecule has 0 fully saturated rings. The van der Waals surface area contributed by atoms with Gasteiger partial charge in [0, 0.05) is 44.6 Å². The maximum atomic E-state index is 12.1. The van der Waals surface area contributed by atoms with Crippen molar-refractivity contribution >= 4 is 11.8 Å². The second kappa shape index (κ2) is 21.2. The van der Waals surface area contributed by atoms with E-state index >= 15 is 0 Å². The van der Waals surface area contributed by atoms with Crippen molar-refractivity contribution in [3.63, 3.8) is 0 Å². The molecule has 0 heterocycles. The average molecular weight is 452 g/mol. The first kappa shape index (κ1) is 30.3. The number of carbonyl (C=O) groups is 2. The molecular weight excluding hydrogens is 402 g/mol. The van der Waals surface area contributed by atoms with Gasteiger partial charge < -0.3 is 15.7 Å². The summed E-state index contributed by atoms with van der Waals surface area (Å²) in [5.74, 6) is 0.171. The Morgan fingerprint density at radius 2 is 1.22 bits per heavy atom. The number of hydrogen-bond donors (Lipinski definition) is 3. The third kappa shape index (κ3) is 17.0. The van der Waals surface area contributed by atoms with Crippen molar-refractivity contribution in [2.24, 2.45) is 0 Å². The van der Waals surface area contributed by atoms with Crippen molar-refractivity contribution in [1.29, 1.82) is 0 Å². The summed E-state index contributed by atoms with van der Waals surface area (Å²) in [5, 5.41) is 15.5. The van der Waals surface area contributed by atoms with Crippen LogP contribution < -0.4 is 10.6 Å². The van der Waals surface area contributed by atoms with Gasteiger partial charge in [-0.15, -0.1) is 0 Å². The molecule has 32 heavy (non-hydrogen) atoms. The third-order valence-corrected chi connectivity index (χ3v) is 5.70. The van der Waals surface area contributed by atoms with E-state index in [0.29, 0.717) is 32.5 Å². The van der Waals surface area contributed by atoms with Crippen molar-refractivity contribution in [1.82, 2.24) is 15.5 Å². The number of unbranched alkanes of at least 4 members (excludes halogenated alkanes) is 6. The lowest BCUT2D eigenvalue weighted by Gasteiger charge is -2.34. The zero-order valence-corrected chi connectivity index (χ0v) is 21.1. The fourth-order valence-electron chi connectivity index (χ4n) is 3.71. The molecule has 0 aromatic carbocycles. The highest BCUT2D eigenvalue weighted by Crippen LogP contribution is 2.07. The topological polar surface area (TPSA) is 81.7 Å². The standard InChI is InChI=1S/C26H49N3O3/c1-5-7-9-11-13-15-17-25(31)27-21-23(3)29(19-20-30)24(4)22-28-26(32)18-16-14-12-10-8-6-2/h5-8,23-24,30H,9-22H2,1-4H3,(H,27,31)(H,28,32)/b7-5+,8-6+. The number of carbonyl (C=O) groups excluding carboxylic acids is 2. The second-order valence-corrected chi connectivity index (χ2v) is 8.60. The molecule has 6 nitrogen and oxygen atoms in total. The number of aliphatic hydroxyl groups excluding tert-OH is 1. The first-order valence-corrected chi connectivity index (χ1v) is 12.6. The molecule has 0 bridgehead atoms. The molecule has 0 rings (SSSR count). The predicted octanol–water partition coefficient (Wildman–Crippen LogP) is 4.34. The van der Waals surface area contributed by atoms with Crippen LogP contribution in [0.2, 0.25) is 0 Å². The fourth-order valence-corrected chi connectivity index (χ4v) is 3.71. The minimum absolute atomic E-state index is 0.0506. The number of aliphatic hydroxyl groups is 1. The zero-order valence-electron chi connectivity index (χ0n) is 21.1. The van der Waals surface area contributed by atoms with E-state index in [1.807, 2.05) is 13.8 Å². The van der Waals surface area contributed by atoms with Crippen LogP contribution in [-0.4, -0.2) is 60.1 Å². The van der Waals surface area contributed by atoms with Gasteiger partial charge in [-0.3, -0.25) is 14.5 Å². The molecule has 0 saturated carbocycles. The Morgan fingerprint density at radius 1 is 0.781 bits per heavy atom. The van der Waals surface area contributed by atoms with Crippen molar-refractivity contribution in [3.05, 3.63) is 24.3 Å². The highest BCUT2D eigenvalue weighted by Gasteiger charge is 2.20. The number of rotatable bonds is 20. The van der Waals surface area contributed by atoms with Crippen LogP contribution in [-0.2, 0) is 9.59 Å². The number of nitrogens with one attached hydrogen (secondary N) is 2. The molecule has 0 radical (unpaired) electrons. The fraction of sp³-hybridized carbons (Fsp3) is 0.769. The van der Waals surface area contributed by atoms with Crippen molar-refractivity contribution in [2.75, 3.05) is 26.2 Å². The third-order valence-electron chi connectivity index (χ3n) is 5.70. The summed E-state index contributed by atoms with van der Waals surface area (Å²) in [6, 6.07) is 0.165. The number of allylic oxidation sites excluding steroid dienone is 4. The van der Waals surface area contributed by atoms with Gasteiger partial charge in [-0.2, -0.15) is 0 Å². The lowest BCUT2D eigenvalue weighted by Crippen LogP contribution is -2.51. The molecule has 0 saturated heterocycles. The van der Waals surface area contributed by atoms with E-state index in [4.69, 9.17) is 0 Å². The van der Waals surface area contributed by atoms with E-state index in [0.717, 1.165) is 51.4 Å². The van der Waals surface area contributed by atoms with Gasteiger partial charge in [0.2, 0.25) is 11.8 Å². The molecular formula is C26H49N3O3. The van der Waals surface area contributed by atoms with Crippen LogP contribution >= 0.6 is 0 Å². The summed E-state index contributed by atoms with van der Waals surface area (Å²) in [6.45, 7) is 9.81. The van der Waals surface area contributed by atoms with E-state index in [1.165, 1.54) is 0 Å². The lowest BCUT2D eigenvalue weighted by molar-refractivity contribution is -0.121. The quantitative estimate of drug-likeness (QED) is 0.190. The molecule has 2 unspecified atom stereocenters. The predicted molar refractivity (Wildman–Crippen MR) is 135 cm³/mol. The van der Waals surface area contributed by atoms with E-state index in [9.17, 15) is 14.7 Å². The van der Waals surface area contributed by atoms with Crippen molar-refractivity contribution < 1.29 is 14.7 Å². The largest absolute Gasteiger partial charge is 0.395 e. The van der Waals surface area contributed by atoms with Crippen LogP contribution in [0.25, 0.3) is 0 Å². The first-order valence-electron chi connectivity index (χ1n) is 12.6. The Labute approximate surface area is 196 Å². The van der Waals surface area contributed by atoms with Gasteiger partial charge in [0.1, 0.15) is 0 Å². The molecule has 2 amide bonds. The summed E-state index contributed by atoms with van der Waals surface area (Å²) in [6.07, 6.45) is 17.9. The minimum atomic E-state index is 0.0506. The Hall–Kier alpha value is -1.66. The number of amides is 2. The van der Waals surface area contributed by atoms with Gasteiger partial charge in [0.05, 0.1) is 6.61 Å². The van der Waals surface area contributed by atoms with Gasteiger partial charge in [-0.25, -0.2) is 0 Å². The van der Waals surface area contributed by atoms with E-state index in [2.05, 4.69) is 53.7 Å². The maximum absolute atomic E-state index is 12.1. The van der Waals surface area contributed by atoms with Crippen molar-refractivity contribution in [3.8, 4) is 0 Å². The lowest BCUT2D eigenvalue weighted by atomic mass is 10.1. The van der Waals surface area contributed by atoms with Crippen LogP contribution in [0.5, 0.6) is 0 Å². The Bertz CT molecular complexity index is 490. The van der Waals surface area contributed by atoms with E-state index < -0.39 is 0 Å². The summed E-state index contributed by atoms with van der Waals surface area (Å²) < 4.78 is 0. The van der Waals surface area contributed by atoms with Gasteiger partial charge in [0.25, 0.3) is 0 Å². The summed E-state index contributed by atoms with van der Waals surface area (Å²) in [7, 11) is 0. The highest BCUT2D eigenvalue weighted by molar-refractivity contribution is 5.76. The number of nitrogens with zero attached hydrogens (tertiary/aromatic N) is 1. The van der Waals surface area contributed by atoms with Crippen LogP contribution in [0, 0.1) is 0 Å². The van der Waals surface area contributed by atoms with Gasteiger partial charge in [-0.1, -0.05) is 37.1 Å². The molecule has 0 spiro atoms. The SMILES string of the molecule is C/C=C/CCCCCC(=O)NCC(C)N(CCO)C(C)CNC(=O)CCCCC/C=C/C. The summed E-state index contributed by atoms with van der Waals surface area (Å²) in [5.41, 5.74) is 0. The van der Waals surface area contributed by atoms with Crippen LogP contribution in [0.1, 0.15) is 91.9 Å². The average Bonchev–Trinajstić information content (AvgIpc) is 2.78. The van der Waals surface area contributed by atoms with E-state index in [-0.39, 0.29) is 30.5 Å². The summed E-state index contributed by atoms with van der Waals surface area (Å²) >= 11 is 0. The minimum Gasteiger partial charge on any atom is -0.395 e. The zero-order chi connectivity index (χ0) is 24.0. The smallest absolute Gasteiger partial charge is 0.220 e. The molecule has 3 N–H and O–H groups in total. The molecule has 0 aliphatic heterocycles. The maximum Gasteiger partial charge on any atom is 0.220 e. The normalized spacial score (nSPS) is 13.7. The molecule has 0 aliphatic rings. The van der Waals surface area contributed by atoms with Crippen LogP contribution in [0.4, 0.5) is 0 Å². The molecule has 0 aliphatic carbocycles. The van der Waals surface area contributed by atoms with Crippen molar-refractivity contribution in [2.45, 2.75) is 104 Å². The monoisotopic (exact) mass is 451 g/mol. The Kier molecular flexibility index (Phi) is 20.1. The van der Waals surface area contributed by atoms with Crippen LogP contribution in [0.15, 0.2) is 24.3 Å². The molecule has 186 valence electrons. The Balaban J connectivity index is 4.18. The number of hydrogen-bond acceptors (Lipinski definition) is 4. The first-order chi connectivity index (χ1) is 15.5. The molecule has 0 aromatic rings. The van der Waals surface area contributed by atoms with Crippen LogP contribution in [0.3, 0.4) is 0 Å². The van der Waals surface area contributed by atoms with Gasteiger partial charge in [-0.05, 0) is 66.2 Å². The Morgan fingerprint density at radius 3 is 1.59 bits per heavy atom. The van der Waals surface area contributed by atoms with Gasteiger partial charge >= 0.3 is 0 Å². The molecule has 2 atom stereocenters. The molecule has 0 aromatic heterocycles. The highest BCUT2D eigenvalue weighted by atomic mass is 16.3. The molecule has 6 heteroatoms. The van der Waals surface area contributed by atoms with Gasteiger partial charge in [0.15, 0.2) is 0 Å².